The number of nitrogens with one attached hydrogen (secondary N) is 4. The Morgan fingerprint density at radius 2 is 1.94 bits per heavy atom. The molecule has 3 heterocycles. The lowest BCUT2D eigenvalue weighted by Crippen LogP contribution is -2.54. The van der Waals surface area contributed by atoms with Crippen LogP contribution in [0.5, 0.6) is 5.75 Å². The fraction of sp³-hybridized carbons (Fsp3) is 0.320. The van der Waals surface area contributed by atoms with Gasteiger partial charge in [0.15, 0.2) is 0 Å². The maximum atomic E-state index is 13.0. The number of nitrogens with zero attached hydrogens (tertiary/aromatic N) is 1. The van der Waals surface area contributed by atoms with Gasteiger partial charge in [0.2, 0.25) is 5.54 Å². The van der Waals surface area contributed by atoms with Gasteiger partial charge < -0.3 is 20.1 Å². The first-order chi connectivity index (χ1) is 16.7. The largest absolute Gasteiger partial charge is 0.497 e. The molecular formula is C25H25N5O5. The van der Waals surface area contributed by atoms with E-state index < -0.39 is 29.2 Å². The van der Waals surface area contributed by atoms with Crippen molar-refractivity contribution in [2.24, 2.45) is 0 Å². The summed E-state index contributed by atoms with van der Waals surface area (Å²) in [7, 11) is 1.53. The van der Waals surface area contributed by atoms with E-state index in [1.165, 1.54) is 12.0 Å². The number of rotatable bonds is 4. The third-order valence-electron chi connectivity index (χ3n) is 6.77. The quantitative estimate of drug-likeness (QED) is 0.310. The summed E-state index contributed by atoms with van der Waals surface area (Å²) in [4.78, 5) is 39.3. The average Bonchev–Trinajstić information content (AvgIpc) is 3.45. The Morgan fingerprint density at radius 3 is 2.57 bits per heavy atom. The number of amides is 4. The molecule has 10 nitrogen and oxygen atoms in total. The van der Waals surface area contributed by atoms with Gasteiger partial charge in [0, 0.05) is 24.3 Å². The van der Waals surface area contributed by atoms with E-state index in [2.05, 4.69) is 33.1 Å². The van der Waals surface area contributed by atoms with E-state index in [9.17, 15) is 19.5 Å². The van der Waals surface area contributed by atoms with Crippen LogP contribution in [0.25, 0.3) is 0 Å². The molecule has 0 aliphatic carbocycles. The second-order valence-electron chi connectivity index (χ2n) is 8.99. The summed E-state index contributed by atoms with van der Waals surface area (Å²) >= 11 is 0. The van der Waals surface area contributed by atoms with Crippen molar-refractivity contribution in [1.82, 2.24) is 26.2 Å². The van der Waals surface area contributed by atoms with Crippen molar-refractivity contribution in [3.05, 3.63) is 64.7 Å². The van der Waals surface area contributed by atoms with Crippen molar-refractivity contribution in [3.8, 4) is 17.6 Å². The fourth-order valence-electron chi connectivity index (χ4n) is 4.58. The highest BCUT2D eigenvalue weighted by atomic mass is 16.5. The van der Waals surface area contributed by atoms with Crippen LogP contribution < -0.4 is 26.0 Å². The van der Waals surface area contributed by atoms with Gasteiger partial charge in [-0.25, -0.2) is 4.79 Å². The van der Waals surface area contributed by atoms with Gasteiger partial charge in [-0.15, -0.1) is 0 Å². The minimum Gasteiger partial charge on any atom is -0.497 e. The van der Waals surface area contributed by atoms with Crippen molar-refractivity contribution in [3.63, 3.8) is 0 Å². The van der Waals surface area contributed by atoms with Gasteiger partial charge in [-0.2, -0.15) is 0 Å². The number of hydrogen-bond acceptors (Lipinski definition) is 7. The molecule has 3 atom stereocenters. The number of carbonyl (C=O) groups is 3. The molecule has 0 spiro atoms. The van der Waals surface area contributed by atoms with Crippen LogP contribution in [-0.4, -0.2) is 59.9 Å². The van der Waals surface area contributed by atoms with Crippen molar-refractivity contribution < 1.29 is 24.2 Å². The maximum Gasteiger partial charge on any atom is 0.323 e. The number of benzene rings is 2. The molecule has 10 heteroatoms. The number of fused-ring (bicyclic) bond motifs is 1. The SMILES string of the molecule is COc1ccc2c(c1)C(=O)N(C[C@@]1(C#Cc3ccc(C4(C)NCNC4O)cc3)NC(=O)NC1=O)C2. The van der Waals surface area contributed by atoms with Crippen molar-refractivity contribution in [2.45, 2.75) is 30.8 Å². The van der Waals surface area contributed by atoms with Crippen molar-refractivity contribution >= 4 is 17.8 Å². The number of ether oxygens (including phenoxy) is 1. The molecule has 3 aliphatic rings. The van der Waals surface area contributed by atoms with Crippen LogP contribution in [0.15, 0.2) is 42.5 Å². The van der Waals surface area contributed by atoms with Crippen molar-refractivity contribution in [2.75, 3.05) is 20.3 Å². The smallest absolute Gasteiger partial charge is 0.323 e. The highest BCUT2D eigenvalue weighted by molar-refractivity contribution is 6.10. The maximum absolute atomic E-state index is 13.0. The fourth-order valence-corrected chi connectivity index (χ4v) is 4.58. The van der Waals surface area contributed by atoms with Gasteiger partial charge >= 0.3 is 6.03 Å². The van der Waals surface area contributed by atoms with Crippen LogP contribution in [0.3, 0.4) is 0 Å². The predicted molar refractivity (Wildman–Crippen MR) is 125 cm³/mol. The first kappa shape index (κ1) is 22.9. The highest BCUT2D eigenvalue weighted by Gasteiger charge is 2.48. The summed E-state index contributed by atoms with van der Waals surface area (Å²) < 4.78 is 5.21. The zero-order valence-corrected chi connectivity index (χ0v) is 19.3. The van der Waals surface area contributed by atoms with Crippen LogP contribution in [0.1, 0.15) is 34.0 Å². The number of urea groups is 1. The molecule has 0 bridgehead atoms. The monoisotopic (exact) mass is 475 g/mol. The van der Waals surface area contributed by atoms with Crippen molar-refractivity contribution in [1.29, 1.82) is 0 Å². The standard InChI is InChI=1S/C25H25N5O5/c1-24(21(32)26-14-27-24)17-6-3-15(4-7-17)9-10-25(22(33)28-23(34)29-25)13-30-12-16-5-8-18(35-2)11-19(16)20(30)31/h3-8,11,21,26-27,32H,12-14H2,1-2H3,(H2,28,29,33,34)/t21?,24?,25-/m1/s1. The molecule has 0 radical (unpaired) electrons. The lowest BCUT2D eigenvalue weighted by molar-refractivity contribution is -0.122. The Hall–Kier alpha value is -3.91. The number of imide groups is 1. The first-order valence-electron chi connectivity index (χ1n) is 11.1. The van der Waals surface area contributed by atoms with Gasteiger partial charge in [-0.3, -0.25) is 25.5 Å². The molecule has 0 saturated carbocycles. The van der Waals surface area contributed by atoms with Crippen LogP contribution in [0.4, 0.5) is 4.79 Å². The normalized spacial score (nSPS) is 27.2. The molecule has 3 aliphatic heterocycles. The summed E-state index contributed by atoms with van der Waals surface area (Å²) in [5, 5.41) is 21.2. The Balaban J connectivity index is 1.40. The van der Waals surface area contributed by atoms with E-state index in [4.69, 9.17) is 4.74 Å². The Kier molecular flexibility index (Phi) is 5.48. The second-order valence-corrected chi connectivity index (χ2v) is 8.99. The van der Waals surface area contributed by atoms with Crippen LogP contribution in [0.2, 0.25) is 0 Å². The Labute approximate surface area is 202 Å². The molecule has 35 heavy (non-hydrogen) atoms. The summed E-state index contributed by atoms with van der Waals surface area (Å²) in [6.07, 6.45) is -0.734. The topological polar surface area (TPSA) is 132 Å². The van der Waals surface area contributed by atoms with E-state index in [0.717, 1.165) is 11.1 Å². The number of carbonyl (C=O) groups excluding carboxylic acids is 3. The molecule has 0 aromatic heterocycles. The molecule has 5 rings (SSSR count). The lowest BCUT2D eigenvalue weighted by atomic mass is 9.90. The molecule has 2 aromatic rings. The zero-order chi connectivity index (χ0) is 24.8. The summed E-state index contributed by atoms with van der Waals surface area (Å²) in [5.41, 5.74) is 0.574. The molecule has 2 aromatic carbocycles. The molecule has 180 valence electrons. The summed E-state index contributed by atoms with van der Waals surface area (Å²) in [6.45, 7) is 2.57. The molecule has 2 saturated heterocycles. The number of aliphatic hydroxyl groups is 1. The van der Waals surface area contributed by atoms with E-state index in [1.807, 2.05) is 25.1 Å². The van der Waals surface area contributed by atoms with Gasteiger partial charge in [0.25, 0.3) is 11.8 Å². The highest BCUT2D eigenvalue weighted by Crippen LogP contribution is 2.29. The first-order valence-corrected chi connectivity index (χ1v) is 11.1. The second kappa shape index (κ2) is 8.39. The van der Waals surface area contributed by atoms with Crippen LogP contribution in [-0.2, 0) is 16.9 Å². The molecule has 5 N–H and O–H groups in total. The number of hydrogen-bond donors (Lipinski definition) is 5. The van der Waals surface area contributed by atoms with E-state index in [1.54, 1.807) is 24.3 Å². The van der Waals surface area contributed by atoms with Crippen LogP contribution in [0, 0.1) is 11.8 Å². The number of methoxy groups -OCH3 is 1. The van der Waals surface area contributed by atoms with Crippen LogP contribution >= 0.6 is 0 Å². The van der Waals surface area contributed by atoms with Gasteiger partial charge in [0.05, 0.1) is 19.2 Å². The average molecular weight is 476 g/mol. The minimum absolute atomic E-state index is 0.106. The molecule has 2 fully saturated rings. The van der Waals surface area contributed by atoms with E-state index in [-0.39, 0.29) is 12.5 Å². The Morgan fingerprint density at radius 1 is 1.17 bits per heavy atom. The number of aliphatic hydroxyl groups excluding tert-OH is 1. The Bertz CT molecular complexity index is 1280. The molecular weight excluding hydrogens is 450 g/mol. The summed E-state index contributed by atoms with van der Waals surface area (Å²) in [5.74, 6) is 5.57. The minimum atomic E-state index is -1.59. The molecule has 2 unspecified atom stereocenters. The van der Waals surface area contributed by atoms with E-state index >= 15 is 0 Å². The van der Waals surface area contributed by atoms with E-state index in [0.29, 0.717) is 30.1 Å². The van der Waals surface area contributed by atoms with Gasteiger partial charge in [0.1, 0.15) is 12.0 Å². The summed E-state index contributed by atoms with van der Waals surface area (Å²) in [6, 6.07) is 11.9. The lowest BCUT2D eigenvalue weighted by Gasteiger charge is -2.28. The zero-order valence-electron chi connectivity index (χ0n) is 19.3. The predicted octanol–water partition coefficient (Wildman–Crippen LogP) is -0.0352. The third kappa shape index (κ3) is 3.89. The van der Waals surface area contributed by atoms with Gasteiger partial charge in [-0.05, 0) is 42.3 Å². The molecule has 4 amide bonds. The van der Waals surface area contributed by atoms with Gasteiger partial charge in [-0.1, -0.05) is 30.0 Å². The third-order valence-corrected chi connectivity index (χ3v) is 6.77.